The summed E-state index contributed by atoms with van der Waals surface area (Å²) in [6.45, 7) is 4.06. The molecule has 2 saturated heterocycles. The Morgan fingerprint density at radius 3 is 2.85 bits per heavy atom. The Morgan fingerprint density at radius 2 is 2.15 bits per heavy atom. The van der Waals surface area contributed by atoms with Gasteiger partial charge in [-0.3, -0.25) is 0 Å². The summed E-state index contributed by atoms with van der Waals surface area (Å²) in [6, 6.07) is 7.93. The second-order valence-electron chi connectivity index (χ2n) is 6.15. The van der Waals surface area contributed by atoms with Crippen molar-refractivity contribution in [2.45, 2.75) is 37.4 Å². The van der Waals surface area contributed by atoms with Crippen molar-refractivity contribution in [3.8, 4) is 0 Å². The average molecular weight is 341 g/mol. The molecule has 2 aliphatic rings. The highest BCUT2D eigenvalue weighted by atomic mass is 79.9. The highest BCUT2D eigenvalue weighted by molar-refractivity contribution is 9.10. The lowest BCUT2D eigenvalue weighted by Gasteiger charge is -2.43. The smallest absolute Gasteiger partial charge is 0.0940 e. The van der Waals surface area contributed by atoms with E-state index in [0.29, 0.717) is 13.2 Å². The van der Waals surface area contributed by atoms with Crippen molar-refractivity contribution in [2.24, 2.45) is 5.92 Å². The van der Waals surface area contributed by atoms with Crippen LogP contribution in [-0.4, -0.2) is 30.5 Å². The molecule has 3 atom stereocenters. The minimum absolute atomic E-state index is 0.172. The molecular weight excluding hydrogens is 320 g/mol. The molecule has 110 valence electrons. The van der Waals surface area contributed by atoms with Crippen LogP contribution in [0.1, 0.15) is 31.7 Å². The molecule has 3 nitrogen and oxygen atoms in total. The first-order valence-corrected chi connectivity index (χ1v) is 8.02. The van der Waals surface area contributed by atoms with E-state index in [-0.39, 0.29) is 11.5 Å². The van der Waals surface area contributed by atoms with Crippen LogP contribution < -0.4 is 0 Å². The van der Waals surface area contributed by atoms with Crippen LogP contribution in [0.2, 0.25) is 0 Å². The van der Waals surface area contributed by atoms with Crippen LogP contribution in [0.25, 0.3) is 0 Å². The van der Waals surface area contributed by atoms with Gasteiger partial charge in [-0.05, 0) is 37.3 Å². The highest BCUT2D eigenvalue weighted by Crippen LogP contribution is 2.45. The van der Waals surface area contributed by atoms with Crippen LogP contribution >= 0.6 is 15.9 Å². The summed E-state index contributed by atoms with van der Waals surface area (Å²) < 4.78 is 12.4. The molecule has 1 spiro atoms. The molecule has 1 aromatic rings. The number of hydrogen-bond donors (Lipinski definition) is 1. The topological polar surface area (TPSA) is 38.7 Å². The van der Waals surface area contributed by atoms with E-state index in [9.17, 15) is 5.11 Å². The molecule has 0 aromatic heterocycles. The Kier molecular flexibility index (Phi) is 3.93. The van der Waals surface area contributed by atoms with Gasteiger partial charge in [0.2, 0.25) is 0 Å². The molecule has 0 aliphatic carbocycles. The van der Waals surface area contributed by atoms with Crippen molar-refractivity contribution in [1.29, 1.82) is 0 Å². The van der Waals surface area contributed by atoms with E-state index < -0.39 is 5.60 Å². The first-order valence-electron chi connectivity index (χ1n) is 7.23. The first kappa shape index (κ1) is 14.5. The van der Waals surface area contributed by atoms with Crippen LogP contribution in [0.15, 0.2) is 28.7 Å². The Bertz CT molecular complexity index is 480. The van der Waals surface area contributed by atoms with Gasteiger partial charge in [0.25, 0.3) is 0 Å². The number of benzene rings is 1. The minimum atomic E-state index is -0.848. The van der Waals surface area contributed by atoms with Crippen LogP contribution in [0.5, 0.6) is 0 Å². The third-order valence-electron chi connectivity index (χ3n) is 4.77. The largest absolute Gasteiger partial charge is 0.385 e. The third-order valence-corrected chi connectivity index (χ3v) is 5.47. The molecular formula is C16H21BrO3. The predicted octanol–water partition coefficient (Wildman–Crippen LogP) is 3.24. The summed E-state index contributed by atoms with van der Waals surface area (Å²) in [6.07, 6.45) is 2.69. The Hall–Kier alpha value is -0.420. The monoisotopic (exact) mass is 340 g/mol. The molecule has 0 bridgehead atoms. The highest BCUT2D eigenvalue weighted by Gasteiger charge is 2.47. The average Bonchev–Trinajstić information content (AvgIpc) is 2.87. The molecule has 2 aliphatic heterocycles. The van der Waals surface area contributed by atoms with Gasteiger partial charge in [-0.15, -0.1) is 0 Å². The lowest BCUT2D eigenvalue weighted by atomic mass is 9.73. The Labute approximate surface area is 128 Å². The molecule has 2 fully saturated rings. The standard InChI is InChI=1S/C16H21BrO3/c1-15(18,13-4-2-3-5-14(13)17)12-6-8-20-16(10-12)7-9-19-11-16/h2-5,12,18H,6-11H2,1H3. The van der Waals surface area contributed by atoms with Gasteiger partial charge in [0.15, 0.2) is 0 Å². The van der Waals surface area contributed by atoms with Crippen molar-refractivity contribution in [3.63, 3.8) is 0 Å². The van der Waals surface area contributed by atoms with Crippen molar-refractivity contribution < 1.29 is 14.6 Å². The second kappa shape index (κ2) is 5.41. The second-order valence-corrected chi connectivity index (χ2v) is 7.01. The van der Waals surface area contributed by atoms with Gasteiger partial charge in [0.05, 0.1) is 17.8 Å². The van der Waals surface area contributed by atoms with Gasteiger partial charge in [-0.1, -0.05) is 34.1 Å². The molecule has 3 unspecified atom stereocenters. The Morgan fingerprint density at radius 1 is 1.35 bits per heavy atom. The normalized spacial score (nSPS) is 33.2. The number of aliphatic hydroxyl groups is 1. The van der Waals surface area contributed by atoms with E-state index in [2.05, 4.69) is 15.9 Å². The lowest BCUT2D eigenvalue weighted by Crippen LogP contribution is -2.46. The van der Waals surface area contributed by atoms with Crippen LogP contribution in [-0.2, 0) is 15.1 Å². The quantitative estimate of drug-likeness (QED) is 0.898. The molecule has 1 N–H and O–H groups in total. The maximum atomic E-state index is 11.1. The van der Waals surface area contributed by atoms with E-state index >= 15 is 0 Å². The van der Waals surface area contributed by atoms with Gasteiger partial charge < -0.3 is 14.6 Å². The fraction of sp³-hybridized carbons (Fsp3) is 0.625. The summed E-state index contributed by atoms with van der Waals surface area (Å²) in [5.41, 5.74) is -0.0610. The summed E-state index contributed by atoms with van der Waals surface area (Å²) in [5, 5.41) is 11.1. The van der Waals surface area contributed by atoms with Gasteiger partial charge in [0, 0.05) is 24.1 Å². The van der Waals surface area contributed by atoms with E-state index in [4.69, 9.17) is 9.47 Å². The predicted molar refractivity (Wildman–Crippen MR) is 80.6 cm³/mol. The summed E-state index contributed by atoms with van der Waals surface area (Å²) in [4.78, 5) is 0. The first-order chi connectivity index (χ1) is 9.54. The SMILES string of the molecule is CC(O)(c1ccccc1Br)C1CCOC2(CCOC2)C1. The fourth-order valence-electron chi connectivity index (χ4n) is 3.46. The molecule has 1 aromatic carbocycles. The summed E-state index contributed by atoms with van der Waals surface area (Å²) in [5.74, 6) is 0.191. The van der Waals surface area contributed by atoms with Crippen molar-refractivity contribution in [3.05, 3.63) is 34.3 Å². The molecule has 2 heterocycles. The molecule has 20 heavy (non-hydrogen) atoms. The number of hydrogen-bond acceptors (Lipinski definition) is 3. The number of halogens is 1. The maximum Gasteiger partial charge on any atom is 0.0940 e. The van der Waals surface area contributed by atoms with Gasteiger partial charge in [-0.2, -0.15) is 0 Å². The molecule has 0 radical (unpaired) electrons. The van der Waals surface area contributed by atoms with E-state index in [1.54, 1.807) is 0 Å². The van der Waals surface area contributed by atoms with Crippen LogP contribution in [0, 0.1) is 5.92 Å². The van der Waals surface area contributed by atoms with Gasteiger partial charge in [-0.25, -0.2) is 0 Å². The van der Waals surface area contributed by atoms with Crippen LogP contribution in [0.3, 0.4) is 0 Å². The zero-order chi connectivity index (χ0) is 14.2. The van der Waals surface area contributed by atoms with E-state index in [1.165, 1.54) is 0 Å². The Balaban J connectivity index is 1.85. The van der Waals surface area contributed by atoms with E-state index in [1.807, 2.05) is 31.2 Å². The molecule has 0 amide bonds. The molecule has 0 saturated carbocycles. The number of rotatable bonds is 2. The maximum absolute atomic E-state index is 11.1. The number of ether oxygens (including phenoxy) is 2. The minimum Gasteiger partial charge on any atom is -0.385 e. The lowest BCUT2D eigenvalue weighted by molar-refractivity contribution is -0.141. The third kappa shape index (κ3) is 2.54. The van der Waals surface area contributed by atoms with Crippen molar-refractivity contribution >= 4 is 15.9 Å². The molecule has 3 rings (SSSR count). The fourth-order valence-corrected chi connectivity index (χ4v) is 4.15. The molecule has 4 heteroatoms. The van der Waals surface area contributed by atoms with Gasteiger partial charge >= 0.3 is 0 Å². The van der Waals surface area contributed by atoms with Crippen LogP contribution in [0.4, 0.5) is 0 Å². The summed E-state index contributed by atoms with van der Waals surface area (Å²) >= 11 is 3.56. The van der Waals surface area contributed by atoms with E-state index in [0.717, 1.165) is 35.9 Å². The van der Waals surface area contributed by atoms with Crippen molar-refractivity contribution in [2.75, 3.05) is 19.8 Å². The zero-order valence-electron chi connectivity index (χ0n) is 11.8. The summed E-state index contributed by atoms with van der Waals surface area (Å²) in [7, 11) is 0. The van der Waals surface area contributed by atoms with Gasteiger partial charge in [0.1, 0.15) is 0 Å². The zero-order valence-corrected chi connectivity index (χ0v) is 13.4. The van der Waals surface area contributed by atoms with Crippen molar-refractivity contribution in [1.82, 2.24) is 0 Å².